The summed E-state index contributed by atoms with van der Waals surface area (Å²) in [5.74, 6) is 0.827. The summed E-state index contributed by atoms with van der Waals surface area (Å²) in [5, 5.41) is 0. The average Bonchev–Trinajstić information content (AvgIpc) is 2.69. The van der Waals surface area contributed by atoms with Gasteiger partial charge in [-0.05, 0) is 24.8 Å². The molecule has 1 aromatic rings. The Kier molecular flexibility index (Phi) is 2.28. The number of cyclic esters (lactones) is 1. The van der Waals surface area contributed by atoms with Gasteiger partial charge in [-0.2, -0.15) is 0 Å². The fraction of sp³-hybridized carbons (Fsp3) is 0.357. The lowest BCUT2D eigenvalue weighted by Crippen LogP contribution is -2.14. The van der Waals surface area contributed by atoms with Crippen molar-refractivity contribution in [2.24, 2.45) is 5.92 Å². The largest absolute Gasteiger partial charge is 0.425 e. The van der Waals surface area contributed by atoms with Crippen LogP contribution in [0.3, 0.4) is 0 Å². The molecule has 0 saturated heterocycles. The van der Waals surface area contributed by atoms with Gasteiger partial charge < -0.3 is 4.74 Å². The highest BCUT2D eigenvalue weighted by atomic mass is 16.5. The Hall–Kier alpha value is -1.57. The quantitative estimate of drug-likeness (QED) is 0.671. The van der Waals surface area contributed by atoms with Crippen molar-refractivity contribution in [3.8, 4) is 0 Å². The Morgan fingerprint density at radius 3 is 2.75 bits per heavy atom. The number of carbonyl (C=O) groups excluding carboxylic acids is 1. The molecule has 1 aliphatic carbocycles. The maximum atomic E-state index is 11.7. The lowest BCUT2D eigenvalue weighted by molar-refractivity contribution is -0.138. The van der Waals surface area contributed by atoms with Crippen LogP contribution in [0.25, 0.3) is 5.76 Å². The van der Waals surface area contributed by atoms with E-state index >= 15 is 0 Å². The predicted molar refractivity (Wildman–Crippen MR) is 61.4 cm³/mol. The van der Waals surface area contributed by atoms with Crippen molar-refractivity contribution in [2.75, 3.05) is 0 Å². The maximum Gasteiger partial charge on any atom is 0.318 e. The second-order valence-corrected chi connectivity index (χ2v) is 4.44. The zero-order valence-corrected chi connectivity index (χ0v) is 9.11. The highest BCUT2D eigenvalue weighted by Crippen LogP contribution is 2.41. The number of carbonyl (C=O) groups is 1. The average molecular weight is 214 g/mol. The van der Waals surface area contributed by atoms with Gasteiger partial charge in [0.2, 0.25) is 0 Å². The Bertz CT molecular complexity index is 445. The van der Waals surface area contributed by atoms with Crippen molar-refractivity contribution in [3.05, 3.63) is 41.5 Å². The summed E-state index contributed by atoms with van der Waals surface area (Å²) >= 11 is 0. The molecule has 1 unspecified atom stereocenters. The van der Waals surface area contributed by atoms with Gasteiger partial charge in [0, 0.05) is 5.56 Å². The molecule has 0 amide bonds. The number of fused-ring (bicyclic) bond motifs is 1. The van der Waals surface area contributed by atoms with Crippen molar-refractivity contribution in [1.82, 2.24) is 0 Å². The van der Waals surface area contributed by atoms with Crippen molar-refractivity contribution < 1.29 is 9.53 Å². The summed E-state index contributed by atoms with van der Waals surface area (Å²) in [6.07, 6.45) is 4.30. The van der Waals surface area contributed by atoms with Gasteiger partial charge in [0.1, 0.15) is 5.76 Å². The molecule has 1 heterocycles. The molecule has 82 valence electrons. The van der Waals surface area contributed by atoms with E-state index in [0.717, 1.165) is 30.6 Å². The van der Waals surface area contributed by atoms with E-state index in [1.165, 1.54) is 12.0 Å². The number of benzene rings is 1. The molecule has 1 fully saturated rings. The third-order valence-corrected chi connectivity index (χ3v) is 3.42. The van der Waals surface area contributed by atoms with Gasteiger partial charge in [-0.1, -0.05) is 36.8 Å². The minimum Gasteiger partial charge on any atom is -0.425 e. The molecule has 0 spiro atoms. The fourth-order valence-corrected chi connectivity index (χ4v) is 2.62. The van der Waals surface area contributed by atoms with Crippen LogP contribution in [-0.2, 0) is 9.53 Å². The SMILES string of the molecule is O=C1OC(c2ccccc2)=C2CCCCC12. The monoisotopic (exact) mass is 214 g/mol. The number of ether oxygens (including phenoxy) is 1. The third kappa shape index (κ3) is 1.45. The second kappa shape index (κ2) is 3.78. The van der Waals surface area contributed by atoms with Gasteiger partial charge in [0.15, 0.2) is 0 Å². The fourth-order valence-electron chi connectivity index (χ4n) is 2.62. The lowest BCUT2D eigenvalue weighted by Gasteiger charge is -2.16. The molecular formula is C14H14O2. The minimum absolute atomic E-state index is 0.0453. The summed E-state index contributed by atoms with van der Waals surface area (Å²) in [6, 6.07) is 9.95. The van der Waals surface area contributed by atoms with E-state index in [4.69, 9.17) is 4.74 Å². The number of hydrogen-bond acceptors (Lipinski definition) is 2. The Morgan fingerprint density at radius 1 is 1.12 bits per heavy atom. The van der Waals surface area contributed by atoms with Gasteiger partial charge in [-0.25, -0.2) is 0 Å². The molecule has 2 heteroatoms. The van der Waals surface area contributed by atoms with E-state index in [0.29, 0.717) is 0 Å². The Balaban J connectivity index is 2.03. The molecule has 16 heavy (non-hydrogen) atoms. The molecule has 1 aliphatic heterocycles. The maximum absolute atomic E-state index is 11.7. The van der Waals surface area contributed by atoms with E-state index in [-0.39, 0.29) is 11.9 Å². The topological polar surface area (TPSA) is 26.3 Å². The molecule has 0 N–H and O–H groups in total. The highest BCUT2D eigenvalue weighted by Gasteiger charge is 2.37. The molecule has 1 saturated carbocycles. The summed E-state index contributed by atoms with van der Waals surface area (Å²) in [5.41, 5.74) is 2.26. The van der Waals surface area contributed by atoms with Gasteiger partial charge in [-0.15, -0.1) is 0 Å². The van der Waals surface area contributed by atoms with E-state index in [9.17, 15) is 4.79 Å². The lowest BCUT2D eigenvalue weighted by atomic mass is 9.84. The normalized spacial score (nSPS) is 24.2. The van der Waals surface area contributed by atoms with Crippen molar-refractivity contribution in [1.29, 1.82) is 0 Å². The first-order chi connectivity index (χ1) is 7.86. The number of rotatable bonds is 1. The van der Waals surface area contributed by atoms with Crippen molar-refractivity contribution in [2.45, 2.75) is 25.7 Å². The van der Waals surface area contributed by atoms with Crippen molar-refractivity contribution >= 4 is 11.7 Å². The van der Waals surface area contributed by atoms with Gasteiger partial charge >= 0.3 is 5.97 Å². The Labute approximate surface area is 94.9 Å². The number of esters is 1. The first-order valence-electron chi connectivity index (χ1n) is 5.86. The molecule has 2 aliphatic rings. The van der Waals surface area contributed by atoms with E-state index in [2.05, 4.69) is 0 Å². The molecule has 1 atom stereocenters. The van der Waals surface area contributed by atoms with Crippen LogP contribution < -0.4 is 0 Å². The standard InChI is InChI=1S/C14H14O2/c15-14-12-9-5-4-8-11(12)13(16-14)10-6-2-1-3-7-10/h1-3,6-7,12H,4-5,8-9H2. The molecule has 1 aromatic carbocycles. The van der Waals surface area contributed by atoms with E-state index < -0.39 is 0 Å². The molecule has 0 bridgehead atoms. The molecule has 0 aromatic heterocycles. The van der Waals surface area contributed by atoms with Crippen LogP contribution in [0.4, 0.5) is 0 Å². The van der Waals surface area contributed by atoms with Crippen LogP contribution in [0.15, 0.2) is 35.9 Å². The second-order valence-electron chi connectivity index (χ2n) is 4.44. The summed E-state index contributed by atoms with van der Waals surface area (Å²) in [4.78, 5) is 11.7. The third-order valence-electron chi connectivity index (χ3n) is 3.42. The van der Waals surface area contributed by atoms with Crippen LogP contribution in [-0.4, -0.2) is 5.97 Å². The predicted octanol–water partition coefficient (Wildman–Crippen LogP) is 3.14. The van der Waals surface area contributed by atoms with E-state index in [1.807, 2.05) is 30.3 Å². The van der Waals surface area contributed by atoms with Crippen LogP contribution in [0.1, 0.15) is 31.2 Å². The molecule has 2 nitrogen and oxygen atoms in total. The zero-order chi connectivity index (χ0) is 11.0. The first-order valence-corrected chi connectivity index (χ1v) is 5.86. The van der Waals surface area contributed by atoms with Gasteiger partial charge in [-0.3, -0.25) is 4.79 Å². The number of hydrogen-bond donors (Lipinski definition) is 0. The Morgan fingerprint density at radius 2 is 1.94 bits per heavy atom. The minimum atomic E-state index is -0.0476. The summed E-state index contributed by atoms with van der Waals surface area (Å²) in [7, 11) is 0. The van der Waals surface area contributed by atoms with Crippen molar-refractivity contribution in [3.63, 3.8) is 0 Å². The van der Waals surface area contributed by atoms with Gasteiger partial charge in [0.05, 0.1) is 5.92 Å². The molecule has 0 radical (unpaired) electrons. The summed E-state index contributed by atoms with van der Waals surface area (Å²) in [6.45, 7) is 0. The molecular weight excluding hydrogens is 200 g/mol. The smallest absolute Gasteiger partial charge is 0.318 e. The highest BCUT2D eigenvalue weighted by molar-refractivity contribution is 5.90. The zero-order valence-electron chi connectivity index (χ0n) is 9.11. The molecule has 3 rings (SSSR count). The van der Waals surface area contributed by atoms with Crippen LogP contribution >= 0.6 is 0 Å². The summed E-state index contributed by atoms with van der Waals surface area (Å²) < 4.78 is 5.44. The van der Waals surface area contributed by atoms with Crippen LogP contribution in [0.2, 0.25) is 0 Å². The van der Waals surface area contributed by atoms with Gasteiger partial charge in [0.25, 0.3) is 0 Å². The van der Waals surface area contributed by atoms with Crippen LogP contribution in [0, 0.1) is 5.92 Å². The first kappa shape index (κ1) is 9.64. The van der Waals surface area contributed by atoms with E-state index in [1.54, 1.807) is 0 Å². The van der Waals surface area contributed by atoms with Crippen LogP contribution in [0.5, 0.6) is 0 Å².